The highest BCUT2D eigenvalue weighted by Gasteiger charge is 2.12. The first-order valence-electron chi connectivity index (χ1n) is 4.80. The van der Waals surface area contributed by atoms with Gasteiger partial charge in [-0.15, -0.1) is 0 Å². The summed E-state index contributed by atoms with van der Waals surface area (Å²) < 4.78 is 5.79. The molecule has 1 atom stereocenters. The van der Waals surface area contributed by atoms with Gasteiger partial charge in [-0.05, 0) is 24.6 Å². The minimum Gasteiger partial charge on any atom is -0.466 e. The number of benzene rings is 1. The van der Waals surface area contributed by atoms with Crippen LogP contribution in [0.5, 0.6) is 0 Å². The zero-order valence-electron chi connectivity index (χ0n) is 8.57. The predicted octanol–water partition coefficient (Wildman–Crippen LogP) is 2.40. The fourth-order valence-electron chi connectivity index (χ4n) is 1.25. The molecule has 0 unspecified atom stereocenters. The van der Waals surface area contributed by atoms with Gasteiger partial charge in [-0.25, -0.2) is 0 Å². The van der Waals surface area contributed by atoms with E-state index in [1.807, 2.05) is 24.3 Å². The molecule has 15 heavy (non-hydrogen) atoms. The Hall–Kier alpha value is -0.870. The quantitative estimate of drug-likeness (QED) is 0.856. The van der Waals surface area contributed by atoms with Gasteiger partial charge in [0.1, 0.15) is 0 Å². The maximum atomic E-state index is 11.2. The second-order valence-electron chi connectivity index (χ2n) is 3.17. The number of rotatable bonds is 4. The third-order valence-electron chi connectivity index (χ3n) is 1.97. The van der Waals surface area contributed by atoms with Gasteiger partial charge in [0, 0.05) is 10.5 Å². The minimum atomic E-state index is -0.304. The van der Waals surface area contributed by atoms with E-state index >= 15 is 0 Å². The van der Waals surface area contributed by atoms with Gasteiger partial charge in [0.05, 0.1) is 13.0 Å². The highest BCUT2D eigenvalue weighted by atomic mass is 79.9. The van der Waals surface area contributed by atoms with Gasteiger partial charge >= 0.3 is 5.97 Å². The molecule has 0 amide bonds. The molecule has 0 bridgehead atoms. The van der Waals surface area contributed by atoms with Crippen LogP contribution in [0.25, 0.3) is 0 Å². The van der Waals surface area contributed by atoms with Crippen LogP contribution in [0.3, 0.4) is 0 Å². The third kappa shape index (κ3) is 4.01. The van der Waals surface area contributed by atoms with E-state index in [0.717, 1.165) is 10.0 Å². The second-order valence-corrected chi connectivity index (χ2v) is 4.09. The first-order chi connectivity index (χ1) is 7.13. The number of hydrogen-bond acceptors (Lipinski definition) is 3. The van der Waals surface area contributed by atoms with Crippen molar-refractivity contribution in [2.24, 2.45) is 5.73 Å². The maximum absolute atomic E-state index is 11.2. The number of halogens is 1. The predicted molar refractivity (Wildman–Crippen MR) is 62.3 cm³/mol. The van der Waals surface area contributed by atoms with E-state index in [4.69, 9.17) is 10.5 Å². The first-order valence-corrected chi connectivity index (χ1v) is 5.59. The van der Waals surface area contributed by atoms with Crippen molar-refractivity contribution in [2.45, 2.75) is 19.4 Å². The van der Waals surface area contributed by atoms with E-state index in [9.17, 15) is 4.79 Å². The van der Waals surface area contributed by atoms with Crippen LogP contribution < -0.4 is 5.73 Å². The summed E-state index contributed by atoms with van der Waals surface area (Å²) in [4.78, 5) is 11.2. The fraction of sp³-hybridized carbons (Fsp3) is 0.364. The Labute approximate surface area is 97.7 Å². The van der Waals surface area contributed by atoms with Crippen molar-refractivity contribution in [2.75, 3.05) is 6.61 Å². The van der Waals surface area contributed by atoms with E-state index in [1.54, 1.807) is 6.92 Å². The monoisotopic (exact) mass is 271 g/mol. The Balaban J connectivity index is 2.60. The third-order valence-corrected chi connectivity index (χ3v) is 2.46. The van der Waals surface area contributed by atoms with Gasteiger partial charge in [0.2, 0.25) is 0 Å². The average Bonchev–Trinajstić information content (AvgIpc) is 2.18. The summed E-state index contributed by atoms with van der Waals surface area (Å²) in [6, 6.07) is 7.31. The van der Waals surface area contributed by atoms with Crippen LogP contribution in [0, 0.1) is 0 Å². The van der Waals surface area contributed by atoms with Gasteiger partial charge in [-0.1, -0.05) is 28.1 Å². The highest BCUT2D eigenvalue weighted by molar-refractivity contribution is 9.10. The largest absolute Gasteiger partial charge is 0.466 e. The summed E-state index contributed by atoms with van der Waals surface area (Å²) in [5.74, 6) is -0.259. The van der Waals surface area contributed by atoms with Crippen molar-refractivity contribution in [3.05, 3.63) is 34.3 Å². The van der Waals surface area contributed by atoms with Crippen LogP contribution in [-0.2, 0) is 9.53 Å². The van der Waals surface area contributed by atoms with Gasteiger partial charge < -0.3 is 10.5 Å². The number of carbonyl (C=O) groups is 1. The lowest BCUT2D eigenvalue weighted by molar-refractivity contribution is -0.143. The fourth-order valence-corrected chi connectivity index (χ4v) is 1.67. The molecule has 0 radical (unpaired) electrons. The molecule has 4 heteroatoms. The van der Waals surface area contributed by atoms with Gasteiger partial charge in [-0.2, -0.15) is 0 Å². The summed E-state index contributed by atoms with van der Waals surface area (Å²) >= 11 is 3.36. The van der Waals surface area contributed by atoms with Gasteiger partial charge in [0.25, 0.3) is 0 Å². The number of nitrogens with two attached hydrogens (primary N) is 1. The Kier molecular flexibility index (Phi) is 4.78. The molecule has 2 N–H and O–H groups in total. The van der Waals surface area contributed by atoms with Crippen molar-refractivity contribution < 1.29 is 9.53 Å². The lowest BCUT2D eigenvalue weighted by Gasteiger charge is -2.11. The lowest BCUT2D eigenvalue weighted by atomic mass is 10.1. The molecule has 0 fully saturated rings. The second kappa shape index (κ2) is 5.88. The lowest BCUT2D eigenvalue weighted by Crippen LogP contribution is -2.17. The van der Waals surface area contributed by atoms with Gasteiger partial charge in [0.15, 0.2) is 0 Å². The van der Waals surface area contributed by atoms with Crippen LogP contribution in [0.2, 0.25) is 0 Å². The Morgan fingerprint density at radius 1 is 1.60 bits per heavy atom. The van der Waals surface area contributed by atoms with Gasteiger partial charge in [-0.3, -0.25) is 4.79 Å². The molecule has 3 nitrogen and oxygen atoms in total. The number of ether oxygens (including phenoxy) is 1. The Bertz CT molecular complexity index is 341. The van der Waals surface area contributed by atoms with Crippen molar-refractivity contribution in [3.63, 3.8) is 0 Å². The standard InChI is InChI=1S/C11H14BrNO2/c1-2-15-11(14)7-10(13)8-4-3-5-9(12)6-8/h3-6,10H,2,7,13H2,1H3/t10-/m1/s1. The summed E-state index contributed by atoms with van der Waals surface area (Å²) in [7, 11) is 0. The average molecular weight is 272 g/mol. The minimum absolute atomic E-state index is 0.213. The normalized spacial score (nSPS) is 12.2. The van der Waals surface area contributed by atoms with E-state index in [0.29, 0.717) is 6.61 Å². The molecule has 0 saturated heterocycles. The Morgan fingerprint density at radius 2 is 2.33 bits per heavy atom. The van der Waals surface area contributed by atoms with Crippen LogP contribution in [0.15, 0.2) is 28.7 Å². The van der Waals surface area contributed by atoms with E-state index in [-0.39, 0.29) is 18.4 Å². The van der Waals surface area contributed by atoms with Crippen molar-refractivity contribution in [1.82, 2.24) is 0 Å². The summed E-state index contributed by atoms with van der Waals surface area (Å²) in [5, 5.41) is 0. The number of esters is 1. The molecule has 1 aromatic carbocycles. The van der Waals surface area contributed by atoms with Crippen LogP contribution in [0.1, 0.15) is 24.9 Å². The molecule has 0 spiro atoms. The molecular weight excluding hydrogens is 258 g/mol. The Morgan fingerprint density at radius 3 is 2.93 bits per heavy atom. The number of carbonyl (C=O) groups excluding carboxylic acids is 1. The van der Waals surface area contributed by atoms with Crippen molar-refractivity contribution in [3.8, 4) is 0 Å². The molecule has 82 valence electrons. The van der Waals surface area contributed by atoms with Crippen LogP contribution in [0.4, 0.5) is 0 Å². The summed E-state index contributed by atoms with van der Waals surface area (Å²) in [6.07, 6.45) is 0.213. The number of hydrogen-bond donors (Lipinski definition) is 1. The molecule has 0 saturated carbocycles. The molecule has 0 heterocycles. The summed E-state index contributed by atoms with van der Waals surface area (Å²) in [6.45, 7) is 2.17. The molecule has 0 aliphatic heterocycles. The zero-order chi connectivity index (χ0) is 11.3. The van der Waals surface area contributed by atoms with E-state index < -0.39 is 0 Å². The van der Waals surface area contributed by atoms with Crippen molar-refractivity contribution >= 4 is 21.9 Å². The molecule has 0 aromatic heterocycles. The van der Waals surface area contributed by atoms with Crippen molar-refractivity contribution in [1.29, 1.82) is 0 Å². The highest BCUT2D eigenvalue weighted by Crippen LogP contribution is 2.19. The maximum Gasteiger partial charge on any atom is 0.307 e. The first kappa shape index (κ1) is 12.2. The molecule has 0 aliphatic rings. The topological polar surface area (TPSA) is 52.3 Å². The van der Waals surface area contributed by atoms with E-state index in [1.165, 1.54) is 0 Å². The molecule has 0 aliphatic carbocycles. The SMILES string of the molecule is CCOC(=O)C[C@@H](N)c1cccc(Br)c1. The molecule has 1 aromatic rings. The summed E-state index contributed by atoms with van der Waals surface area (Å²) in [5.41, 5.74) is 6.80. The van der Waals surface area contributed by atoms with Crippen LogP contribution >= 0.6 is 15.9 Å². The van der Waals surface area contributed by atoms with E-state index in [2.05, 4.69) is 15.9 Å². The zero-order valence-corrected chi connectivity index (χ0v) is 10.2. The molecular formula is C11H14BrNO2. The van der Waals surface area contributed by atoms with Crippen LogP contribution in [-0.4, -0.2) is 12.6 Å². The molecule has 1 rings (SSSR count). The smallest absolute Gasteiger partial charge is 0.307 e.